The molecule has 4 rings (SSSR count). The minimum atomic E-state index is -3.12. The van der Waals surface area contributed by atoms with Gasteiger partial charge in [0.2, 0.25) is 10.0 Å². The Morgan fingerprint density at radius 3 is 2.67 bits per heavy atom. The highest BCUT2D eigenvalue weighted by Gasteiger charge is 2.88. The number of fused-ring (bicyclic) bond motifs is 1. The van der Waals surface area contributed by atoms with Crippen LogP contribution in [-0.2, 0) is 14.9 Å². The monoisotopic (exact) mass is 229 g/mol. The van der Waals surface area contributed by atoms with Crippen molar-refractivity contribution < 1.29 is 13.3 Å². The largest absolute Gasteiger partial charge is 0.255 e. The molecule has 0 aromatic carbocycles. The van der Waals surface area contributed by atoms with Gasteiger partial charge in [0, 0.05) is 5.41 Å². The van der Waals surface area contributed by atoms with Crippen molar-refractivity contribution in [2.24, 2.45) is 16.7 Å². The lowest BCUT2D eigenvalue weighted by molar-refractivity contribution is 0.0724. The van der Waals surface area contributed by atoms with Gasteiger partial charge in [0.05, 0.1) is 5.75 Å². The van der Waals surface area contributed by atoms with E-state index in [-0.39, 0.29) is 10.8 Å². The second-order valence-corrected chi connectivity index (χ2v) is 7.89. The number of hydrogen-bond acceptors (Lipinski definition) is 3. The first-order valence-electron chi connectivity index (χ1n) is 5.58. The van der Waals surface area contributed by atoms with E-state index in [0.717, 1.165) is 12.8 Å². The number of hydrogen-bond donors (Lipinski definition) is 0. The Morgan fingerprint density at radius 2 is 2.13 bits per heavy atom. The molecule has 2 bridgehead atoms. The van der Waals surface area contributed by atoms with Gasteiger partial charge in [-0.25, -0.2) is 8.42 Å². The van der Waals surface area contributed by atoms with E-state index < -0.39 is 15.7 Å². The molecule has 2 aliphatic heterocycles. The number of nitrogens with zero attached hydrogens (tertiary/aromatic N) is 1. The van der Waals surface area contributed by atoms with Crippen molar-refractivity contribution in [2.45, 2.75) is 38.8 Å². The Kier molecular flexibility index (Phi) is 1.13. The third-order valence-electron chi connectivity index (χ3n) is 5.62. The van der Waals surface area contributed by atoms with Gasteiger partial charge in [0.15, 0.2) is 5.72 Å². The van der Waals surface area contributed by atoms with Crippen LogP contribution in [0.25, 0.3) is 0 Å². The summed E-state index contributed by atoms with van der Waals surface area (Å²) in [6.45, 7) is 4.44. The lowest BCUT2D eigenvalue weighted by atomic mass is 9.68. The van der Waals surface area contributed by atoms with E-state index in [2.05, 4.69) is 13.8 Å². The molecule has 0 aromatic rings. The van der Waals surface area contributed by atoms with E-state index in [0.29, 0.717) is 11.7 Å². The SMILES string of the molecule is CC1(C)[C@@H]2CC[C@@]13CS(=O)(=O)N1O[C@@]13C2. The van der Waals surface area contributed by atoms with Gasteiger partial charge in [-0.15, -0.1) is 0 Å². The van der Waals surface area contributed by atoms with E-state index in [1.165, 1.54) is 10.9 Å². The molecule has 2 saturated carbocycles. The number of hydroxylamine groups is 1. The zero-order chi connectivity index (χ0) is 10.7. The summed E-state index contributed by atoms with van der Waals surface area (Å²) in [4.78, 5) is 5.49. The Morgan fingerprint density at radius 1 is 1.40 bits per heavy atom. The Labute approximate surface area is 89.6 Å². The van der Waals surface area contributed by atoms with Gasteiger partial charge >= 0.3 is 0 Å². The molecule has 5 heteroatoms. The van der Waals surface area contributed by atoms with Gasteiger partial charge in [-0.3, -0.25) is 4.84 Å². The van der Waals surface area contributed by atoms with E-state index in [9.17, 15) is 8.42 Å². The lowest BCUT2D eigenvalue weighted by Gasteiger charge is -2.36. The average Bonchev–Trinajstić information content (AvgIpc) is 2.70. The molecule has 0 amide bonds. The summed E-state index contributed by atoms with van der Waals surface area (Å²) in [7, 11) is -3.12. The van der Waals surface area contributed by atoms with E-state index in [4.69, 9.17) is 4.84 Å². The smallest absolute Gasteiger partial charge is 0.239 e. The van der Waals surface area contributed by atoms with Gasteiger partial charge < -0.3 is 0 Å². The molecular formula is C10H15NO3S. The minimum absolute atomic E-state index is 0.116. The van der Waals surface area contributed by atoms with Crippen LogP contribution in [0.4, 0.5) is 0 Å². The molecule has 4 nitrogen and oxygen atoms in total. The topological polar surface area (TPSA) is 49.7 Å². The Balaban J connectivity index is 1.99. The summed E-state index contributed by atoms with van der Waals surface area (Å²) in [5, 5.41) is 0. The van der Waals surface area contributed by atoms with Crippen LogP contribution in [0.3, 0.4) is 0 Å². The third-order valence-corrected chi connectivity index (χ3v) is 7.35. The fraction of sp³-hybridized carbons (Fsp3) is 1.00. The maximum Gasteiger partial charge on any atom is 0.239 e. The molecule has 4 fully saturated rings. The quantitative estimate of drug-likeness (QED) is 0.584. The summed E-state index contributed by atoms with van der Waals surface area (Å²) in [6.07, 6.45) is 3.10. The maximum atomic E-state index is 11.9. The zero-order valence-corrected chi connectivity index (χ0v) is 9.80. The molecule has 2 heterocycles. The molecule has 1 unspecified atom stereocenters. The summed E-state index contributed by atoms with van der Waals surface area (Å²) in [6, 6.07) is 0. The molecule has 84 valence electrons. The van der Waals surface area contributed by atoms with Crippen molar-refractivity contribution in [1.82, 2.24) is 4.47 Å². The molecule has 2 aliphatic carbocycles. The number of rotatable bonds is 0. The summed E-state index contributed by atoms with van der Waals surface area (Å²) < 4.78 is 25.1. The summed E-state index contributed by atoms with van der Waals surface area (Å²) in [5.41, 5.74) is -0.424. The van der Waals surface area contributed by atoms with Crippen molar-refractivity contribution in [1.29, 1.82) is 0 Å². The highest BCUT2D eigenvalue weighted by Crippen LogP contribution is 2.80. The molecule has 0 aromatic heterocycles. The normalized spacial score (nSPS) is 61.5. The van der Waals surface area contributed by atoms with Crippen molar-refractivity contribution in [2.75, 3.05) is 5.75 Å². The van der Waals surface area contributed by atoms with Gasteiger partial charge in [0.1, 0.15) is 0 Å². The van der Waals surface area contributed by atoms with Crippen LogP contribution in [-0.4, -0.2) is 24.4 Å². The fourth-order valence-electron chi connectivity index (χ4n) is 4.59. The highest BCUT2D eigenvalue weighted by atomic mass is 32.2. The Bertz CT molecular complexity index is 471. The second kappa shape index (κ2) is 1.89. The predicted molar refractivity (Wildman–Crippen MR) is 53.0 cm³/mol. The molecule has 0 radical (unpaired) electrons. The van der Waals surface area contributed by atoms with Crippen LogP contribution in [0, 0.1) is 16.7 Å². The average molecular weight is 229 g/mol. The standard InChI is InChI=1S/C10H15NO3S/c1-8(2)7-3-4-9(8)6-15(12,13)11-10(9,5-7)14-11/h7H,3-6H2,1-2H3/t7-,9-,10-,11?/m1/s1. The van der Waals surface area contributed by atoms with E-state index >= 15 is 0 Å². The molecule has 0 N–H and O–H groups in total. The van der Waals surface area contributed by atoms with E-state index in [1.807, 2.05) is 0 Å². The van der Waals surface area contributed by atoms with Gasteiger partial charge in [-0.05, 0) is 35.1 Å². The van der Waals surface area contributed by atoms with Crippen LogP contribution < -0.4 is 0 Å². The van der Waals surface area contributed by atoms with Crippen molar-refractivity contribution in [3.8, 4) is 0 Å². The maximum absolute atomic E-state index is 11.9. The van der Waals surface area contributed by atoms with Gasteiger partial charge in [0.25, 0.3) is 0 Å². The van der Waals surface area contributed by atoms with Crippen LogP contribution in [0.15, 0.2) is 0 Å². The van der Waals surface area contributed by atoms with Crippen LogP contribution in [0.5, 0.6) is 0 Å². The molecular weight excluding hydrogens is 214 g/mol. The first-order chi connectivity index (χ1) is 6.86. The first-order valence-corrected chi connectivity index (χ1v) is 7.19. The Hall–Kier alpha value is -0.130. The van der Waals surface area contributed by atoms with Crippen molar-refractivity contribution in [3.63, 3.8) is 0 Å². The van der Waals surface area contributed by atoms with Crippen LogP contribution in [0.1, 0.15) is 33.1 Å². The van der Waals surface area contributed by atoms with Crippen molar-refractivity contribution >= 4 is 10.0 Å². The van der Waals surface area contributed by atoms with Gasteiger partial charge in [-0.1, -0.05) is 13.8 Å². The zero-order valence-electron chi connectivity index (χ0n) is 8.99. The molecule has 15 heavy (non-hydrogen) atoms. The van der Waals surface area contributed by atoms with E-state index in [1.54, 1.807) is 0 Å². The minimum Gasteiger partial charge on any atom is -0.255 e. The van der Waals surface area contributed by atoms with Gasteiger partial charge in [-0.2, -0.15) is 0 Å². The van der Waals surface area contributed by atoms with Crippen molar-refractivity contribution in [3.05, 3.63) is 0 Å². The molecule has 4 atom stereocenters. The molecule has 2 saturated heterocycles. The lowest BCUT2D eigenvalue weighted by Crippen LogP contribution is -2.41. The second-order valence-electron chi connectivity index (χ2n) is 6.10. The fourth-order valence-corrected chi connectivity index (χ4v) is 7.01. The third kappa shape index (κ3) is 0.626. The number of sulfonamides is 1. The molecule has 4 aliphatic rings. The highest BCUT2D eigenvalue weighted by molar-refractivity contribution is 7.89. The van der Waals surface area contributed by atoms with Crippen LogP contribution in [0.2, 0.25) is 0 Å². The van der Waals surface area contributed by atoms with Crippen LogP contribution >= 0.6 is 0 Å². The molecule has 2 spiro atoms. The summed E-state index contributed by atoms with van der Waals surface area (Å²) >= 11 is 0. The first kappa shape index (κ1) is 8.96. The summed E-state index contributed by atoms with van der Waals surface area (Å²) in [5.74, 6) is 0.946. The predicted octanol–water partition coefficient (Wildman–Crippen LogP) is 1.10.